The van der Waals surface area contributed by atoms with E-state index in [9.17, 15) is 9.59 Å². The molecular formula is C9H17NO4S. The van der Waals surface area contributed by atoms with E-state index < -0.39 is 17.4 Å². The summed E-state index contributed by atoms with van der Waals surface area (Å²) in [5.41, 5.74) is 4.70. The van der Waals surface area contributed by atoms with E-state index in [0.717, 1.165) is 0 Å². The zero-order chi connectivity index (χ0) is 12.1. The number of ether oxygens (including phenoxy) is 1. The molecule has 0 bridgehead atoms. The molecule has 0 heterocycles. The molecule has 0 spiro atoms. The van der Waals surface area contributed by atoms with E-state index in [2.05, 4.69) is 4.74 Å². The topological polar surface area (TPSA) is 89.6 Å². The Kier molecular flexibility index (Phi) is 5.67. The van der Waals surface area contributed by atoms with Gasteiger partial charge < -0.3 is 15.6 Å². The number of rotatable bonds is 6. The zero-order valence-electron chi connectivity index (χ0n) is 9.15. The first-order valence-corrected chi connectivity index (χ1v) is 5.61. The van der Waals surface area contributed by atoms with Crippen LogP contribution >= 0.6 is 11.8 Å². The van der Waals surface area contributed by atoms with Gasteiger partial charge in [-0.2, -0.15) is 11.8 Å². The molecule has 0 amide bonds. The van der Waals surface area contributed by atoms with Gasteiger partial charge >= 0.3 is 11.9 Å². The fourth-order valence-corrected chi connectivity index (χ4v) is 1.99. The summed E-state index contributed by atoms with van der Waals surface area (Å²) in [6.45, 7) is 3.50. The molecule has 6 heteroatoms. The van der Waals surface area contributed by atoms with Crippen LogP contribution in [0.2, 0.25) is 0 Å². The molecule has 0 saturated carbocycles. The molecule has 3 N–H and O–H groups in total. The minimum atomic E-state index is -1.03. The third-order valence-electron chi connectivity index (χ3n) is 1.82. The summed E-state index contributed by atoms with van der Waals surface area (Å²) in [5, 5.41) is 8.54. The molecule has 0 fully saturated rings. The quantitative estimate of drug-likeness (QED) is 0.645. The van der Waals surface area contributed by atoms with Crippen molar-refractivity contribution in [2.24, 2.45) is 11.1 Å². The summed E-state index contributed by atoms with van der Waals surface area (Å²) in [6, 6.07) is -0.886. The lowest BCUT2D eigenvalue weighted by molar-refractivity contribution is -0.149. The van der Waals surface area contributed by atoms with Crippen LogP contribution < -0.4 is 5.73 Å². The third kappa shape index (κ3) is 5.03. The zero-order valence-corrected chi connectivity index (χ0v) is 9.97. The first-order valence-electron chi connectivity index (χ1n) is 4.46. The van der Waals surface area contributed by atoms with E-state index in [1.807, 2.05) is 0 Å². The molecule has 0 unspecified atom stereocenters. The Morgan fingerprint density at radius 2 is 2.07 bits per heavy atom. The highest BCUT2D eigenvalue weighted by Gasteiger charge is 2.28. The predicted octanol–water partition coefficient (Wildman–Crippen LogP) is 0.331. The first-order chi connectivity index (χ1) is 6.81. The molecular weight excluding hydrogens is 218 g/mol. The van der Waals surface area contributed by atoms with Gasteiger partial charge in [0, 0.05) is 11.5 Å². The van der Waals surface area contributed by atoms with Gasteiger partial charge in [0.05, 0.1) is 12.5 Å². The van der Waals surface area contributed by atoms with Crippen molar-refractivity contribution in [3.05, 3.63) is 0 Å². The predicted molar refractivity (Wildman–Crippen MR) is 58.7 cm³/mol. The normalized spacial score (nSPS) is 13.3. The average Bonchev–Trinajstić information content (AvgIpc) is 2.15. The second-order valence-corrected chi connectivity index (χ2v) is 4.87. The van der Waals surface area contributed by atoms with Gasteiger partial charge in [0.1, 0.15) is 6.04 Å². The summed E-state index contributed by atoms with van der Waals surface area (Å²) in [4.78, 5) is 21.7. The lowest BCUT2D eigenvalue weighted by atomic mass is 9.97. The van der Waals surface area contributed by atoms with E-state index in [1.165, 1.54) is 18.9 Å². The Bertz CT molecular complexity index is 242. The van der Waals surface area contributed by atoms with Crippen LogP contribution in [0.4, 0.5) is 0 Å². The fourth-order valence-electron chi connectivity index (χ4n) is 0.848. The molecule has 1 atom stereocenters. The van der Waals surface area contributed by atoms with Crippen LogP contribution in [0, 0.1) is 5.41 Å². The standard InChI is InChI=1S/C9H17NO4S/c1-9(2,8(13)14-3)5-15-4-6(10)7(11)12/h6H,4-5,10H2,1-3H3,(H,11,12)/t6-/m1/s1. The van der Waals surface area contributed by atoms with Gasteiger partial charge in [-0.25, -0.2) is 0 Å². The van der Waals surface area contributed by atoms with Crippen LogP contribution in [0.5, 0.6) is 0 Å². The van der Waals surface area contributed by atoms with Crippen LogP contribution in [-0.2, 0) is 14.3 Å². The van der Waals surface area contributed by atoms with Crippen LogP contribution in [-0.4, -0.2) is 41.7 Å². The highest BCUT2D eigenvalue weighted by molar-refractivity contribution is 7.99. The fraction of sp³-hybridized carbons (Fsp3) is 0.778. The van der Waals surface area contributed by atoms with E-state index >= 15 is 0 Å². The molecule has 0 aliphatic rings. The lowest BCUT2D eigenvalue weighted by Crippen LogP contribution is -2.34. The largest absolute Gasteiger partial charge is 0.480 e. The minimum Gasteiger partial charge on any atom is -0.480 e. The minimum absolute atomic E-state index is 0.287. The Hall–Kier alpha value is -0.750. The summed E-state index contributed by atoms with van der Waals surface area (Å²) < 4.78 is 4.62. The Morgan fingerprint density at radius 3 is 2.47 bits per heavy atom. The van der Waals surface area contributed by atoms with Crippen molar-refractivity contribution in [2.75, 3.05) is 18.6 Å². The number of carbonyl (C=O) groups is 2. The SMILES string of the molecule is COC(=O)C(C)(C)CSC[C@@H](N)C(=O)O. The van der Waals surface area contributed by atoms with Crippen LogP contribution in [0.15, 0.2) is 0 Å². The van der Waals surface area contributed by atoms with E-state index in [-0.39, 0.29) is 11.7 Å². The third-order valence-corrected chi connectivity index (χ3v) is 3.34. The molecule has 0 aromatic heterocycles. The molecule has 0 aliphatic heterocycles. The van der Waals surface area contributed by atoms with Crippen LogP contribution in [0.1, 0.15) is 13.8 Å². The number of methoxy groups -OCH3 is 1. The molecule has 0 aliphatic carbocycles. The monoisotopic (exact) mass is 235 g/mol. The Morgan fingerprint density at radius 1 is 1.53 bits per heavy atom. The number of nitrogens with two attached hydrogens (primary N) is 1. The van der Waals surface area contributed by atoms with Crippen molar-refractivity contribution in [1.82, 2.24) is 0 Å². The highest BCUT2D eigenvalue weighted by atomic mass is 32.2. The van der Waals surface area contributed by atoms with Gasteiger partial charge in [-0.15, -0.1) is 0 Å². The second-order valence-electron chi connectivity index (χ2n) is 3.84. The van der Waals surface area contributed by atoms with E-state index in [1.54, 1.807) is 13.8 Å². The number of hydrogen-bond acceptors (Lipinski definition) is 5. The van der Waals surface area contributed by atoms with Crippen molar-refractivity contribution in [2.45, 2.75) is 19.9 Å². The number of carbonyl (C=O) groups excluding carboxylic acids is 1. The number of thioether (sulfide) groups is 1. The molecule has 0 saturated heterocycles. The van der Waals surface area contributed by atoms with Crippen molar-refractivity contribution in [1.29, 1.82) is 0 Å². The summed E-state index contributed by atoms with van der Waals surface area (Å²) in [7, 11) is 1.33. The average molecular weight is 235 g/mol. The highest BCUT2D eigenvalue weighted by Crippen LogP contribution is 2.23. The van der Waals surface area contributed by atoms with E-state index in [4.69, 9.17) is 10.8 Å². The maximum Gasteiger partial charge on any atom is 0.321 e. The molecule has 0 aromatic carbocycles. The first kappa shape index (κ1) is 14.2. The van der Waals surface area contributed by atoms with Gasteiger partial charge in [-0.1, -0.05) is 0 Å². The van der Waals surface area contributed by atoms with Gasteiger partial charge in [0.25, 0.3) is 0 Å². The maximum atomic E-state index is 11.3. The maximum absolute atomic E-state index is 11.3. The molecule has 15 heavy (non-hydrogen) atoms. The van der Waals surface area contributed by atoms with Crippen LogP contribution in [0.3, 0.4) is 0 Å². The molecule has 88 valence electrons. The smallest absolute Gasteiger partial charge is 0.321 e. The summed E-state index contributed by atoms with van der Waals surface area (Å²) in [6.07, 6.45) is 0. The molecule has 5 nitrogen and oxygen atoms in total. The summed E-state index contributed by atoms with van der Waals surface area (Å²) >= 11 is 1.33. The number of hydrogen-bond donors (Lipinski definition) is 2. The Labute approximate surface area is 93.4 Å². The molecule has 0 aromatic rings. The van der Waals surface area contributed by atoms with Crippen LogP contribution in [0.25, 0.3) is 0 Å². The van der Waals surface area contributed by atoms with Crippen molar-refractivity contribution in [3.8, 4) is 0 Å². The number of esters is 1. The molecule has 0 radical (unpaired) electrons. The van der Waals surface area contributed by atoms with Gasteiger partial charge in [-0.05, 0) is 13.8 Å². The van der Waals surface area contributed by atoms with Crippen molar-refractivity contribution < 1.29 is 19.4 Å². The van der Waals surface area contributed by atoms with Gasteiger partial charge in [0.15, 0.2) is 0 Å². The number of carboxylic acids is 1. The number of carboxylic acid groups (broad SMARTS) is 1. The molecule has 0 rings (SSSR count). The Balaban J connectivity index is 3.95. The second kappa shape index (κ2) is 5.97. The lowest BCUT2D eigenvalue weighted by Gasteiger charge is -2.21. The van der Waals surface area contributed by atoms with E-state index in [0.29, 0.717) is 5.75 Å². The van der Waals surface area contributed by atoms with Crippen molar-refractivity contribution in [3.63, 3.8) is 0 Å². The van der Waals surface area contributed by atoms with Gasteiger partial charge in [0.2, 0.25) is 0 Å². The number of aliphatic carboxylic acids is 1. The van der Waals surface area contributed by atoms with Crippen molar-refractivity contribution >= 4 is 23.7 Å². The van der Waals surface area contributed by atoms with Gasteiger partial charge in [-0.3, -0.25) is 9.59 Å². The summed E-state index contributed by atoms with van der Waals surface area (Å²) in [5.74, 6) is -0.562.